The van der Waals surface area contributed by atoms with Gasteiger partial charge in [-0.3, -0.25) is 0 Å². The summed E-state index contributed by atoms with van der Waals surface area (Å²) in [6, 6.07) is 9.04. The zero-order chi connectivity index (χ0) is 13.4. The summed E-state index contributed by atoms with van der Waals surface area (Å²) >= 11 is 0. The van der Waals surface area contributed by atoms with Crippen LogP contribution in [0, 0.1) is 11.3 Å². The Morgan fingerprint density at radius 1 is 1.33 bits per heavy atom. The summed E-state index contributed by atoms with van der Waals surface area (Å²) in [6.45, 7) is 4.69. The third-order valence-electron chi connectivity index (χ3n) is 3.59. The molecule has 2 rings (SSSR count). The van der Waals surface area contributed by atoms with Crippen molar-refractivity contribution in [2.24, 2.45) is 0 Å². The topological polar surface area (TPSA) is 42.2 Å². The fraction of sp³-hybridized carbons (Fsp3) is 0.462. The van der Waals surface area contributed by atoms with Gasteiger partial charge in [-0.25, -0.2) is 4.39 Å². The van der Waals surface area contributed by atoms with E-state index in [0.717, 1.165) is 5.46 Å². The van der Waals surface area contributed by atoms with Crippen LogP contribution in [-0.2, 0) is 9.31 Å². The normalized spacial score (nSPS) is 26.1. The van der Waals surface area contributed by atoms with Crippen LogP contribution in [0.3, 0.4) is 0 Å². The first-order valence-corrected chi connectivity index (χ1v) is 5.83. The van der Waals surface area contributed by atoms with Gasteiger partial charge in [0, 0.05) is 0 Å². The first-order chi connectivity index (χ1) is 8.42. The summed E-state index contributed by atoms with van der Waals surface area (Å²) in [5.41, 5.74) is -0.416. The van der Waals surface area contributed by atoms with Crippen LogP contribution in [-0.4, -0.2) is 25.0 Å². The number of nitrogens with zero attached hydrogens (tertiary/aromatic N) is 1. The Morgan fingerprint density at radius 3 is 2.61 bits per heavy atom. The van der Waals surface area contributed by atoms with Gasteiger partial charge in [0.15, 0.2) is 0 Å². The zero-order valence-corrected chi connectivity index (χ0v) is 10.7. The highest BCUT2D eigenvalue weighted by atomic mass is 19.1. The quantitative estimate of drug-likeness (QED) is 0.748. The Bertz CT molecular complexity index is 500. The highest BCUT2D eigenvalue weighted by Crippen LogP contribution is 2.37. The number of benzene rings is 1. The fourth-order valence-electron chi connectivity index (χ4n) is 1.88. The predicted octanol–water partition coefficient (Wildman–Crippen LogP) is 1.81. The van der Waals surface area contributed by atoms with Gasteiger partial charge < -0.3 is 9.31 Å². The van der Waals surface area contributed by atoms with Gasteiger partial charge in [-0.15, -0.1) is 0 Å². The van der Waals surface area contributed by atoms with Crippen LogP contribution in [0.5, 0.6) is 0 Å². The SMILES string of the molecule is CC1(C)OB(c2cccc(C#N)c2)OC1(C)CF. The van der Waals surface area contributed by atoms with Crippen LogP contribution in [0.15, 0.2) is 24.3 Å². The molecule has 0 aliphatic carbocycles. The number of hydrogen-bond acceptors (Lipinski definition) is 3. The molecule has 1 aromatic rings. The van der Waals surface area contributed by atoms with Gasteiger partial charge in [0.2, 0.25) is 0 Å². The molecule has 0 saturated carbocycles. The summed E-state index contributed by atoms with van der Waals surface area (Å²) in [4.78, 5) is 0. The lowest BCUT2D eigenvalue weighted by atomic mass is 9.78. The molecule has 1 heterocycles. The molecule has 0 N–H and O–H groups in total. The number of nitriles is 1. The van der Waals surface area contributed by atoms with Crippen LogP contribution in [0.25, 0.3) is 0 Å². The molecular weight excluding hydrogens is 232 g/mol. The molecule has 1 aromatic carbocycles. The van der Waals surface area contributed by atoms with E-state index in [0.29, 0.717) is 5.56 Å². The summed E-state index contributed by atoms with van der Waals surface area (Å²) < 4.78 is 24.6. The largest absolute Gasteiger partial charge is 0.494 e. The lowest BCUT2D eigenvalue weighted by Gasteiger charge is -2.33. The van der Waals surface area contributed by atoms with Crippen molar-refractivity contribution in [2.75, 3.05) is 6.67 Å². The zero-order valence-electron chi connectivity index (χ0n) is 10.7. The lowest BCUT2D eigenvalue weighted by molar-refractivity contribution is -0.0260. The van der Waals surface area contributed by atoms with E-state index in [1.165, 1.54) is 0 Å². The second-order valence-corrected chi connectivity index (χ2v) is 5.18. The van der Waals surface area contributed by atoms with Gasteiger partial charge >= 0.3 is 7.12 Å². The third kappa shape index (κ3) is 2.02. The average molecular weight is 247 g/mol. The Labute approximate surface area is 107 Å². The molecule has 94 valence electrons. The van der Waals surface area contributed by atoms with E-state index >= 15 is 0 Å². The maximum absolute atomic E-state index is 13.2. The molecule has 0 aromatic heterocycles. The van der Waals surface area contributed by atoms with Crippen molar-refractivity contribution in [3.05, 3.63) is 29.8 Å². The van der Waals surface area contributed by atoms with Crippen molar-refractivity contribution in [1.82, 2.24) is 0 Å². The van der Waals surface area contributed by atoms with Gasteiger partial charge in [-0.2, -0.15) is 5.26 Å². The number of halogens is 1. The second-order valence-electron chi connectivity index (χ2n) is 5.18. The van der Waals surface area contributed by atoms with Crippen LogP contribution in [0.1, 0.15) is 26.3 Å². The fourth-order valence-corrected chi connectivity index (χ4v) is 1.88. The maximum atomic E-state index is 13.2. The van der Waals surface area contributed by atoms with E-state index in [4.69, 9.17) is 14.6 Å². The summed E-state index contributed by atoms with van der Waals surface area (Å²) in [7, 11) is -0.631. The van der Waals surface area contributed by atoms with Crippen LogP contribution in [0.4, 0.5) is 4.39 Å². The third-order valence-corrected chi connectivity index (χ3v) is 3.59. The van der Waals surface area contributed by atoms with Gasteiger partial charge in [0.25, 0.3) is 0 Å². The summed E-state index contributed by atoms with van der Waals surface area (Å²) in [5.74, 6) is 0. The molecule has 1 atom stereocenters. The highest BCUT2D eigenvalue weighted by Gasteiger charge is 2.54. The van der Waals surface area contributed by atoms with Crippen LogP contribution >= 0.6 is 0 Å². The smallest absolute Gasteiger partial charge is 0.399 e. The Morgan fingerprint density at radius 2 is 2.06 bits per heavy atom. The molecule has 0 bridgehead atoms. The first-order valence-electron chi connectivity index (χ1n) is 5.83. The minimum absolute atomic E-state index is 0.534. The monoisotopic (exact) mass is 247 g/mol. The number of hydrogen-bond donors (Lipinski definition) is 0. The van der Waals surface area contributed by atoms with Crippen molar-refractivity contribution >= 4 is 12.6 Å². The van der Waals surface area contributed by atoms with Gasteiger partial charge in [-0.05, 0) is 38.4 Å². The summed E-state index contributed by atoms with van der Waals surface area (Å²) in [5, 5.41) is 8.86. The Hall–Kier alpha value is -1.38. The number of alkyl halides is 1. The minimum atomic E-state index is -0.972. The molecule has 1 fully saturated rings. The van der Waals surface area contributed by atoms with Crippen molar-refractivity contribution in [2.45, 2.75) is 32.0 Å². The lowest BCUT2D eigenvalue weighted by Crippen LogP contribution is -2.46. The molecular formula is C13H15BFNO2. The van der Waals surface area contributed by atoms with E-state index in [-0.39, 0.29) is 0 Å². The molecule has 18 heavy (non-hydrogen) atoms. The molecule has 0 radical (unpaired) electrons. The van der Waals surface area contributed by atoms with Gasteiger partial charge in [-0.1, -0.05) is 12.1 Å². The van der Waals surface area contributed by atoms with E-state index in [2.05, 4.69) is 6.07 Å². The molecule has 5 heteroatoms. The average Bonchev–Trinajstić information content (AvgIpc) is 2.61. The molecule has 1 saturated heterocycles. The maximum Gasteiger partial charge on any atom is 0.494 e. The van der Waals surface area contributed by atoms with Gasteiger partial charge in [0.05, 0.1) is 17.2 Å². The molecule has 1 aliphatic heterocycles. The number of rotatable bonds is 2. The molecule has 3 nitrogen and oxygen atoms in total. The Balaban J connectivity index is 2.30. The second kappa shape index (κ2) is 4.38. The Kier molecular flexibility index (Phi) is 3.18. The van der Waals surface area contributed by atoms with Crippen LogP contribution in [0.2, 0.25) is 0 Å². The molecule has 1 aliphatic rings. The van der Waals surface area contributed by atoms with Crippen LogP contribution < -0.4 is 5.46 Å². The highest BCUT2D eigenvalue weighted by molar-refractivity contribution is 6.62. The van der Waals surface area contributed by atoms with E-state index < -0.39 is 25.0 Å². The standard InChI is InChI=1S/C13H15BFNO2/c1-12(2)13(3,9-15)18-14(17-12)11-6-4-5-10(7-11)8-16/h4-7H,9H2,1-3H3. The minimum Gasteiger partial charge on any atom is -0.399 e. The van der Waals surface area contributed by atoms with Crippen molar-refractivity contribution in [3.63, 3.8) is 0 Å². The molecule has 1 unspecified atom stereocenters. The van der Waals surface area contributed by atoms with Crippen molar-refractivity contribution in [1.29, 1.82) is 5.26 Å². The van der Waals surface area contributed by atoms with Crippen molar-refractivity contribution < 1.29 is 13.7 Å². The van der Waals surface area contributed by atoms with E-state index in [1.54, 1.807) is 39.0 Å². The van der Waals surface area contributed by atoms with E-state index in [1.807, 2.05) is 6.07 Å². The molecule has 0 spiro atoms. The molecule has 0 amide bonds. The van der Waals surface area contributed by atoms with Crippen molar-refractivity contribution in [3.8, 4) is 6.07 Å². The van der Waals surface area contributed by atoms with Gasteiger partial charge in [0.1, 0.15) is 12.3 Å². The van der Waals surface area contributed by atoms with E-state index in [9.17, 15) is 4.39 Å². The first kappa shape index (κ1) is 13.1. The summed E-state index contributed by atoms with van der Waals surface area (Å²) in [6.07, 6.45) is 0. The predicted molar refractivity (Wildman–Crippen MR) is 67.2 cm³/mol.